The van der Waals surface area contributed by atoms with E-state index >= 15 is 0 Å². The third-order valence-corrected chi connectivity index (χ3v) is 2.92. The van der Waals surface area contributed by atoms with E-state index in [1.165, 1.54) is 22.3 Å². The fourth-order valence-electron chi connectivity index (χ4n) is 2.12. The van der Waals surface area contributed by atoms with Gasteiger partial charge in [-0.2, -0.15) is 0 Å². The van der Waals surface area contributed by atoms with Gasteiger partial charge in [0, 0.05) is 0 Å². The number of nitrogens with two attached hydrogens (primary N) is 1. The molecule has 0 spiro atoms. The quantitative estimate of drug-likeness (QED) is 0.850. The Morgan fingerprint density at radius 1 is 0.882 bits per heavy atom. The van der Waals surface area contributed by atoms with Crippen molar-refractivity contribution in [1.82, 2.24) is 0 Å². The summed E-state index contributed by atoms with van der Waals surface area (Å²) < 4.78 is 0. The van der Waals surface area contributed by atoms with E-state index < -0.39 is 0 Å². The Hall–Kier alpha value is -1.60. The lowest BCUT2D eigenvalue weighted by Crippen LogP contribution is -2.03. The summed E-state index contributed by atoms with van der Waals surface area (Å²) in [5.41, 5.74) is 11.0. The lowest BCUT2D eigenvalue weighted by Gasteiger charge is -2.05. The Morgan fingerprint density at radius 3 is 2.24 bits per heavy atom. The number of hydrogen-bond acceptors (Lipinski definition) is 1. The van der Waals surface area contributed by atoms with Gasteiger partial charge in [-0.3, -0.25) is 0 Å². The number of rotatable bonds is 4. The van der Waals surface area contributed by atoms with E-state index in [0.29, 0.717) is 6.54 Å². The van der Waals surface area contributed by atoms with Crippen LogP contribution in [0.5, 0.6) is 0 Å². The van der Waals surface area contributed by atoms with E-state index in [0.717, 1.165) is 12.8 Å². The van der Waals surface area contributed by atoms with Crippen LogP contribution in [-0.2, 0) is 12.8 Å². The van der Waals surface area contributed by atoms with E-state index in [9.17, 15) is 0 Å². The highest BCUT2D eigenvalue weighted by molar-refractivity contribution is 5.31. The Balaban J connectivity index is 2.15. The highest BCUT2D eigenvalue weighted by atomic mass is 14.5. The topological polar surface area (TPSA) is 26.0 Å². The van der Waals surface area contributed by atoms with Crippen LogP contribution in [0.15, 0.2) is 48.5 Å². The number of aryl methyl sites for hydroxylation is 1. The molecule has 0 amide bonds. The summed E-state index contributed by atoms with van der Waals surface area (Å²) in [5.74, 6) is 0. The molecule has 2 aromatic rings. The van der Waals surface area contributed by atoms with Crippen molar-refractivity contribution in [3.05, 3.63) is 70.8 Å². The Bertz CT molecular complexity index is 488. The fraction of sp³-hybridized carbons (Fsp3) is 0.250. The van der Waals surface area contributed by atoms with Crippen LogP contribution < -0.4 is 5.73 Å². The SMILES string of the molecule is Cc1cccc(Cc2cccc(CCN)c2)c1. The van der Waals surface area contributed by atoms with Gasteiger partial charge in [-0.05, 0) is 43.0 Å². The van der Waals surface area contributed by atoms with E-state index in [2.05, 4.69) is 55.5 Å². The van der Waals surface area contributed by atoms with Gasteiger partial charge in [0.15, 0.2) is 0 Å². The molecule has 88 valence electrons. The van der Waals surface area contributed by atoms with Crippen molar-refractivity contribution in [1.29, 1.82) is 0 Å². The molecular weight excluding hydrogens is 206 g/mol. The lowest BCUT2D eigenvalue weighted by atomic mass is 10.0. The van der Waals surface area contributed by atoms with Gasteiger partial charge in [0.25, 0.3) is 0 Å². The second kappa shape index (κ2) is 5.65. The summed E-state index contributed by atoms with van der Waals surface area (Å²) in [7, 11) is 0. The summed E-state index contributed by atoms with van der Waals surface area (Å²) in [6.45, 7) is 2.85. The second-order valence-corrected chi connectivity index (χ2v) is 4.52. The van der Waals surface area contributed by atoms with Crippen molar-refractivity contribution in [2.45, 2.75) is 19.8 Å². The van der Waals surface area contributed by atoms with Gasteiger partial charge in [-0.15, -0.1) is 0 Å². The Labute approximate surface area is 103 Å². The molecule has 2 rings (SSSR count). The van der Waals surface area contributed by atoms with Gasteiger partial charge in [-0.25, -0.2) is 0 Å². The molecule has 0 aliphatic heterocycles. The first-order valence-corrected chi connectivity index (χ1v) is 6.11. The van der Waals surface area contributed by atoms with Gasteiger partial charge in [0.1, 0.15) is 0 Å². The highest BCUT2D eigenvalue weighted by Crippen LogP contribution is 2.13. The van der Waals surface area contributed by atoms with Crippen LogP contribution in [0.1, 0.15) is 22.3 Å². The molecule has 17 heavy (non-hydrogen) atoms. The zero-order valence-electron chi connectivity index (χ0n) is 10.3. The van der Waals surface area contributed by atoms with E-state index in [4.69, 9.17) is 5.73 Å². The van der Waals surface area contributed by atoms with E-state index in [1.807, 2.05) is 0 Å². The van der Waals surface area contributed by atoms with Crippen LogP contribution >= 0.6 is 0 Å². The highest BCUT2D eigenvalue weighted by Gasteiger charge is 1.98. The van der Waals surface area contributed by atoms with Gasteiger partial charge in [0.2, 0.25) is 0 Å². The summed E-state index contributed by atoms with van der Waals surface area (Å²) in [5, 5.41) is 0. The normalized spacial score (nSPS) is 10.5. The van der Waals surface area contributed by atoms with E-state index in [-0.39, 0.29) is 0 Å². The average molecular weight is 225 g/mol. The molecule has 2 N–H and O–H groups in total. The van der Waals surface area contributed by atoms with Crippen LogP contribution in [0.2, 0.25) is 0 Å². The van der Waals surface area contributed by atoms with Crippen LogP contribution in [-0.4, -0.2) is 6.54 Å². The largest absolute Gasteiger partial charge is 0.330 e. The number of hydrogen-bond donors (Lipinski definition) is 1. The van der Waals surface area contributed by atoms with Crippen molar-refractivity contribution in [3.8, 4) is 0 Å². The van der Waals surface area contributed by atoms with Crippen molar-refractivity contribution >= 4 is 0 Å². The minimum atomic E-state index is 0.716. The monoisotopic (exact) mass is 225 g/mol. The fourth-order valence-corrected chi connectivity index (χ4v) is 2.12. The smallest absolute Gasteiger partial charge is 0.00256 e. The van der Waals surface area contributed by atoms with E-state index in [1.54, 1.807) is 0 Å². The molecule has 0 atom stereocenters. The van der Waals surface area contributed by atoms with Crippen LogP contribution in [0.25, 0.3) is 0 Å². The lowest BCUT2D eigenvalue weighted by molar-refractivity contribution is 0.964. The Morgan fingerprint density at radius 2 is 1.53 bits per heavy atom. The zero-order valence-corrected chi connectivity index (χ0v) is 10.3. The van der Waals surface area contributed by atoms with Gasteiger partial charge >= 0.3 is 0 Å². The summed E-state index contributed by atoms with van der Waals surface area (Å²) in [6.07, 6.45) is 1.96. The molecule has 0 radical (unpaired) electrons. The van der Waals surface area contributed by atoms with Crippen molar-refractivity contribution < 1.29 is 0 Å². The maximum atomic E-state index is 5.58. The van der Waals surface area contributed by atoms with Crippen LogP contribution in [0.3, 0.4) is 0 Å². The predicted octanol–water partition coefficient (Wildman–Crippen LogP) is 3.09. The predicted molar refractivity (Wildman–Crippen MR) is 73.2 cm³/mol. The summed E-state index contributed by atoms with van der Waals surface area (Å²) in [6, 6.07) is 17.4. The first kappa shape index (κ1) is 11.9. The molecule has 0 bridgehead atoms. The molecule has 0 saturated heterocycles. The minimum Gasteiger partial charge on any atom is -0.330 e. The third-order valence-electron chi connectivity index (χ3n) is 2.92. The first-order valence-electron chi connectivity index (χ1n) is 6.11. The average Bonchev–Trinajstić information content (AvgIpc) is 2.30. The molecule has 0 heterocycles. The molecule has 2 aromatic carbocycles. The van der Waals surface area contributed by atoms with Crippen molar-refractivity contribution in [2.75, 3.05) is 6.54 Å². The van der Waals surface area contributed by atoms with Crippen molar-refractivity contribution in [3.63, 3.8) is 0 Å². The molecular formula is C16H19N. The van der Waals surface area contributed by atoms with Crippen molar-refractivity contribution in [2.24, 2.45) is 5.73 Å². The molecule has 0 fully saturated rings. The first-order chi connectivity index (χ1) is 8.28. The van der Waals surface area contributed by atoms with Crippen LogP contribution in [0.4, 0.5) is 0 Å². The molecule has 0 saturated carbocycles. The minimum absolute atomic E-state index is 0.716. The maximum absolute atomic E-state index is 5.58. The third kappa shape index (κ3) is 3.43. The maximum Gasteiger partial charge on any atom is -0.00256 e. The molecule has 0 aliphatic rings. The van der Waals surface area contributed by atoms with Crippen LogP contribution in [0, 0.1) is 6.92 Å². The standard InChI is InChI=1S/C16H19N/c1-13-4-2-6-15(10-13)12-16-7-3-5-14(11-16)8-9-17/h2-7,10-11H,8-9,12,17H2,1H3. The molecule has 1 heteroatoms. The van der Waals surface area contributed by atoms with Gasteiger partial charge in [0.05, 0.1) is 0 Å². The molecule has 0 aliphatic carbocycles. The summed E-state index contributed by atoms with van der Waals surface area (Å²) in [4.78, 5) is 0. The molecule has 0 unspecified atom stereocenters. The Kier molecular flexibility index (Phi) is 3.94. The zero-order chi connectivity index (χ0) is 12.1. The second-order valence-electron chi connectivity index (χ2n) is 4.52. The summed E-state index contributed by atoms with van der Waals surface area (Å²) >= 11 is 0. The van der Waals surface area contributed by atoms with Gasteiger partial charge < -0.3 is 5.73 Å². The molecule has 1 nitrogen and oxygen atoms in total. The van der Waals surface area contributed by atoms with Gasteiger partial charge in [-0.1, -0.05) is 54.1 Å². The number of benzene rings is 2. The molecule has 0 aromatic heterocycles.